The number of aryl methyl sites for hydroxylation is 1. The van der Waals surface area contributed by atoms with E-state index in [-0.39, 0.29) is 18.7 Å². The summed E-state index contributed by atoms with van der Waals surface area (Å²) < 4.78 is 12.7. The molecule has 9 heteroatoms. The quantitative estimate of drug-likeness (QED) is 0.575. The summed E-state index contributed by atoms with van der Waals surface area (Å²) in [6.07, 6.45) is 11.0. The van der Waals surface area contributed by atoms with Gasteiger partial charge in [0.2, 0.25) is 18.6 Å². The van der Waals surface area contributed by atoms with Crippen LogP contribution >= 0.6 is 0 Å². The van der Waals surface area contributed by atoms with Crippen molar-refractivity contribution < 1.29 is 14.3 Å². The average molecular weight is 463 g/mol. The number of rotatable bonds is 7. The summed E-state index contributed by atoms with van der Waals surface area (Å²) in [6, 6.07) is 7.52. The van der Waals surface area contributed by atoms with E-state index in [1.807, 2.05) is 35.0 Å². The van der Waals surface area contributed by atoms with Crippen molar-refractivity contribution in [3.05, 3.63) is 54.2 Å². The van der Waals surface area contributed by atoms with Crippen molar-refractivity contribution in [1.82, 2.24) is 24.8 Å². The Labute approximate surface area is 199 Å². The van der Waals surface area contributed by atoms with Crippen molar-refractivity contribution in [2.75, 3.05) is 18.2 Å². The highest BCUT2D eigenvalue weighted by Crippen LogP contribution is 2.32. The number of anilines is 1. The third-order valence-corrected chi connectivity index (χ3v) is 6.25. The van der Waals surface area contributed by atoms with E-state index >= 15 is 0 Å². The molecule has 2 aliphatic rings. The Bertz CT molecular complexity index is 1130. The predicted octanol–water partition coefficient (Wildman–Crippen LogP) is 3.41. The van der Waals surface area contributed by atoms with Crippen LogP contribution in [0.2, 0.25) is 0 Å². The lowest BCUT2D eigenvalue weighted by Gasteiger charge is -2.30. The second-order valence-electron chi connectivity index (χ2n) is 8.70. The lowest BCUT2D eigenvalue weighted by Crippen LogP contribution is -2.47. The zero-order chi connectivity index (χ0) is 23.3. The molecule has 5 rings (SSSR count). The Morgan fingerprint density at radius 3 is 2.91 bits per heavy atom. The van der Waals surface area contributed by atoms with E-state index in [1.54, 1.807) is 12.5 Å². The Hall–Kier alpha value is -3.62. The summed E-state index contributed by atoms with van der Waals surface area (Å²) in [5.41, 5.74) is 1.95. The van der Waals surface area contributed by atoms with Crippen LogP contribution in [0.25, 0.3) is 5.95 Å². The second-order valence-corrected chi connectivity index (χ2v) is 8.70. The lowest BCUT2D eigenvalue weighted by molar-refractivity contribution is -0.122. The van der Waals surface area contributed by atoms with Crippen molar-refractivity contribution in [3.63, 3.8) is 0 Å². The molecule has 1 saturated heterocycles. The average Bonchev–Trinajstić information content (AvgIpc) is 3.50. The Morgan fingerprint density at radius 1 is 1.15 bits per heavy atom. The van der Waals surface area contributed by atoms with Crippen LogP contribution in [0.4, 0.5) is 5.82 Å². The zero-order valence-electron chi connectivity index (χ0n) is 19.4. The van der Waals surface area contributed by atoms with Gasteiger partial charge in [-0.25, -0.2) is 9.97 Å². The van der Waals surface area contributed by atoms with E-state index in [0.717, 1.165) is 73.6 Å². The van der Waals surface area contributed by atoms with Gasteiger partial charge in [-0.3, -0.25) is 9.36 Å². The lowest BCUT2D eigenvalue weighted by atomic mass is 10.1. The number of ether oxygens (including phenoxy) is 2. The SMILES string of the molecule is CCCc1cc(N2CCCCCC2C(=O)NCc2ccc3c(c2)OCO3)nc(-n2ccnc2)n1. The number of nitrogens with one attached hydrogen (secondary N) is 1. The molecule has 3 aromatic rings. The van der Waals surface area contributed by atoms with Crippen LogP contribution in [-0.2, 0) is 17.8 Å². The van der Waals surface area contributed by atoms with Gasteiger partial charge < -0.3 is 19.7 Å². The van der Waals surface area contributed by atoms with Crippen LogP contribution in [-0.4, -0.2) is 44.8 Å². The van der Waals surface area contributed by atoms with E-state index in [2.05, 4.69) is 22.1 Å². The fraction of sp³-hybridized carbons (Fsp3) is 0.440. The number of fused-ring (bicyclic) bond motifs is 1. The molecule has 0 radical (unpaired) electrons. The Kier molecular flexibility index (Phi) is 6.60. The standard InChI is InChI=1S/C25H30N6O3/c1-2-6-19-14-23(29-25(28-19)30-12-10-26-16-30)31-11-5-3-4-7-20(31)24(32)27-15-18-8-9-21-22(13-18)34-17-33-21/h8-10,12-14,16,20H,2-7,11,15,17H2,1H3,(H,27,32). The van der Waals surface area contributed by atoms with Gasteiger partial charge in [-0.1, -0.05) is 32.3 Å². The molecule has 1 N–H and O–H groups in total. The number of amides is 1. The highest BCUT2D eigenvalue weighted by molar-refractivity contribution is 5.85. The van der Waals surface area contributed by atoms with E-state index in [9.17, 15) is 4.79 Å². The summed E-state index contributed by atoms with van der Waals surface area (Å²) in [5, 5.41) is 3.13. The van der Waals surface area contributed by atoms with Crippen LogP contribution in [0.15, 0.2) is 43.0 Å². The first-order valence-electron chi connectivity index (χ1n) is 12.0. The van der Waals surface area contributed by atoms with E-state index in [4.69, 9.17) is 19.4 Å². The minimum Gasteiger partial charge on any atom is -0.454 e. The monoisotopic (exact) mass is 462 g/mol. The van der Waals surface area contributed by atoms with Gasteiger partial charge in [0.05, 0.1) is 0 Å². The second kappa shape index (κ2) is 10.1. The van der Waals surface area contributed by atoms with Crippen LogP contribution in [0, 0.1) is 0 Å². The van der Waals surface area contributed by atoms with Gasteiger partial charge in [0.25, 0.3) is 0 Å². The van der Waals surface area contributed by atoms with Crippen molar-refractivity contribution in [2.24, 2.45) is 0 Å². The van der Waals surface area contributed by atoms with Crippen LogP contribution in [0.3, 0.4) is 0 Å². The minimum atomic E-state index is -0.281. The normalized spacial score (nSPS) is 17.4. The third-order valence-electron chi connectivity index (χ3n) is 6.25. The summed E-state index contributed by atoms with van der Waals surface area (Å²) >= 11 is 0. The first-order chi connectivity index (χ1) is 16.7. The number of aromatic nitrogens is 4. The largest absolute Gasteiger partial charge is 0.454 e. The maximum Gasteiger partial charge on any atom is 0.243 e. The molecular formula is C25H30N6O3. The molecule has 0 spiro atoms. The summed E-state index contributed by atoms with van der Waals surface area (Å²) in [4.78, 5) is 29.3. The molecule has 1 atom stereocenters. The Morgan fingerprint density at radius 2 is 2.06 bits per heavy atom. The number of carbonyl (C=O) groups excluding carboxylic acids is 1. The molecule has 1 aromatic carbocycles. The van der Waals surface area contributed by atoms with Crippen LogP contribution in [0.1, 0.15) is 50.3 Å². The molecule has 2 aliphatic heterocycles. The maximum atomic E-state index is 13.4. The van der Waals surface area contributed by atoms with Gasteiger partial charge in [-0.15, -0.1) is 0 Å². The van der Waals surface area contributed by atoms with Gasteiger partial charge in [0.15, 0.2) is 11.5 Å². The highest BCUT2D eigenvalue weighted by Gasteiger charge is 2.29. The van der Waals surface area contributed by atoms with Crippen LogP contribution in [0.5, 0.6) is 11.5 Å². The van der Waals surface area contributed by atoms with Crippen molar-refractivity contribution in [1.29, 1.82) is 0 Å². The number of carbonyl (C=O) groups is 1. The molecular weight excluding hydrogens is 432 g/mol. The summed E-state index contributed by atoms with van der Waals surface area (Å²) in [7, 11) is 0. The van der Waals surface area contributed by atoms with Gasteiger partial charge >= 0.3 is 0 Å². The molecule has 34 heavy (non-hydrogen) atoms. The number of nitrogens with zero attached hydrogens (tertiary/aromatic N) is 5. The smallest absolute Gasteiger partial charge is 0.243 e. The zero-order valence-corrected chi connectivity index (χ0v) is 19.4. The molecule has 2 aromatic heterocycles. The molecule has 178 valence electrons. The predicted molar refractivity (Wildman–Crippen MR) is 127 cm³/mol. The van der Waals surface area contributed by atoms with Gasteiger partial charge in [0.1, 0.15) is 18.2 Å². The first-order valence-corrected chi connectivity index (χ1v) is 12.0. The van der Waals surface area contributed by atoms with E-state index in [1.165, 1.54) is 0 Å². The van der Waals surface area contributed by atoms with E-state index < -0.39 is 0 Å². The van der Waals surface area contributed by atoms with Gasteiger partial charge in [-0.05, 0) is 37.0 Å². The van der Waals surface area contributed by atoms with Gasteiger partial charge in [0, 0.05) is 37.2 Å². The number of hydrogen-bond acceptors (Lipinski definition) is 7. The molecule has 9 nitrogen and oxygen atoms in total. The first kappa shape index (κ1) is 22.2. The molecule has 1 amide bonds. The number of imidazole rings is 1. The minimum absolute atomic E-state index is 0.0133. The van der Waals surface area contributed by atoms with Gasteiger partial charge in [-0.2, -0.15) is 4.98 Å². The molecule has 1 fully saturated rings. The van der Waals surface area contributed by atoms with Crippen molar-refractivity contribution in [3.8, 4) is 17.4 Å². The molecule has 0 aliphatic carbocycles. The third kappa shape index (κ3) is 4.83. The number of hydrogen-bond donors (Lipinski definition) is 1. The molecule has 4 heterocycles. The molecule has 0 bridgehead atoms. The maximum absolute atomic E-state index is 13.4. The van der Waals surface area contributed by atoms with Crippen molar-refractivity contribution in [2.45, 2.75) is 58.0 Å². The Balaban J connectivity index is 1.37. The topological polar surface area (TPSA) is 94.4 Å². The molecule has 0 saturated carbocycles. The molecule has 1 unspecified atom stereocenters. The van der Waals surface area contributed by atoms with Crippen molar-refractivity contribution >= 4 is 11.7 Å². The fourth-order valence-electron chi connectivity index (χ4n) is 4.51. The van der Waals surface area contributed by atoms with E-state index in [0.29, 0.717) is 12.5 Å². The fourth-order valence-corrected chi connectivity index (χ4v) is 4.51. The van der Waals surface area contributed by atoms with Crippen LogP contribution < -0.4 is 19.7 Å². The summed E-state index contributed by atoms with van der Waals surface area (Å²) in [6.45, 7) is 3.60. The summed E-state index contributed by atoms with van der Waals surface area (Å²) in [5.74, 6) is 2.86. The highest BCUT2D eigenvalue weighted by atomic mass is 16.7. The number of benzene rings is 1.